The van der Waals surface area contributed by atoms with Crippen molar-refractivity contribution in [3.63, 3.8) is 0 Å². The van der Waals surface area contributed by atoms with Crippen LogP contribution in [0.15, 0.2) is 47.8 Å². The minimum atomic E-state index is 0.601. The van der Waals surface area contributed by atoms with E-state index in [2.05, 4.69) is 53.8 Å². The molecule has 0 aliphatic rings. The third-order valence-corrected chi connectivity index (χ3v) is 5.48. The Bertz CT molecular complexity index is 819. The molecule has 0 radical (unpaired) electrons. The predicted octanol–water partition coefficient (Wildman–Crippen LogP) is 7.76. The monoisotopic (exact) mass is 390 g/mol. The van der Waals surface area contributed by atoms with Crippen molar-refractivity contribution in [2.45, 2.75) is 32.6 Å². The summed E-state index contributed by atoms with van der Waals surface area (Å²) in [5, 5.41) is 7.34. The molecule has 0 unspecified atom stereocenters. The molecule has 0 atom stereocenters. The molecule has 1 N–H and O–H groups in total. The Morgan fingerprint density at radius 1 is 1.00 bits per heavy atom. The number of rotatable bonds is 6. The summed E-state index contributed by atoms with van der Waals surface area (Å²) in [6, 6.07) is 14.1. The highest BCUT2D eigenvalue weighted by atomic mass is 35.5. The molecule has 3 aromatic rings. The first-order chi connectivity index (χ1) is 12.1. The standard InChI is InChI=1S/C20H20Cl2N2S/c1-3-13(4-2)14-5-7-15(8-6-14)19-12-25-20(24-19)23-18-10-16(21)9-17(22)11-18/h5-13H,3-4H2,1-2H3,(H,23,24). The largest absolute Gasteiger partial charge is 0.331 e. The molecule has 0 aliphatic carbocycles. The Morgan fingerprint density at radius 3 is 2.24 bits per heavy atom. The van der Waals surface area contributed by atoms with Gasteiger partial charge in [-0.25, -0.2) is 4.98 Å². The predicted molar refractivity (Wildman–Crippen MR) is 111 cm³/mol. The van der Waals surface area contributed by atoms with E-state index >= 15 is 0 Å². The molecule has 2 nitrogen and oxygen atoms in total. The topological polar surface area (TPSA) is 24.9 Å². The summed E-state index contributed by atoms with van der Waals surface area (Å²) in [5.41, 5.74) is 4.33. The molecular formula is C20H20Cl2N2S. The number of hydrogen-bond donors (Lipinski definition) is 1. The first kappa shape index (κ1) is 18.2. The molecule has 0 spiro atoms. The number of aromatic nitrogens is 1. The molecule has 0 bridgehead atoms. The third-order valence-electron chi connectivity index (χ3n) is 4.28. The van der Waals surface area contributed by atoms with Gasteiger partial charge in [-0.05, 0) is 42.5 Å². The van der Waals surface area contributed by atoms with Gasteiger partial charge in [0.1, 0.15) is 0 Å². The number of thiazole rings is 1. The fraction of sp³-hybridized carbons (Fsp3) is 0.250. The van der Waals surface area contributed by atoms with Gasteiger partial charge in [-0.3, -0.25) is 0 Å². The highest BCUT2D eigenvalue weighted by Gasteiger charge is 2.09. The van der Waals surface area contributed by atoms with Gasteiger partial charge in [-0.1, -0.05) is 61.3 Å². The van der Waals surface area contributed by atoms with Gasteiger partial charge < -0.3 is 5.32 Å². The van der Waals surface area contributed by atoms with Crippen molar-refractivity contribution >= 4 is 45.4 Å². The first-order valence-corrected chi connectivity index (χ1v) is 10.0. The molecule has 1 heterocycles. The van der Waals surface area contributed by atoms with Gasteiger partial charge in [0.25, 0.3) is 0 Å². The summed E-state index contributed by atoms with van der Waals surface area (Å²) in [6.07, 6.45) is 2.34. The zero-order valence-corrected chi connectivity index (χ0v) is 16.6. The Balaban J connectivity index is 1.77. The van der Waals surface area contributed by atoms with Gasteiger partial charge in [0.05, 0.1) is 5.69 Å². The summed E-state index contributed by atoms with van der Waals surface area (Å²) in [5.74, 6) is 0.634. The van der Waals surface area contributed by atoms with Crippen LogP contribution in [0, 0.1) is 0 Å². The molecule has 5 heteroatoms. The summed E-state index contributed by atoms with van der Waals surface area (Å²) in [7, 11) is 0. The summed E-state index contributed by atoms with van der Waals surface area (Å²) < 4.78 is 0. The fourth-order valence-electron chi connectivity index (χ4n) is 2.90. The quantitative estimate of drug-likeness (QED) is 0.464. The van der Waals surface area contributed by atoms with Crippen LogP contribution in [0.4, 0.5) is 10.8 Å². The van der Waals surface area contributed by atoms with E-state index in [9.17, 15) is 0 Å². The van der Waals surface area contributed by atoms with Crippen molar-refractivity contribution in [3.05, 3.63) is 63.5 Å². The lowest BCUT2D eigenvalue weighted by atomic mass is 9.93. The average molecular weight is 391 g/mol. The molecule has 2 aromatic carbocycles. The second-order valence-electron chi connectivity index (χ2n) is 5.96. The van der Waals surface area contributed by atoms with Crippen LogP contribution in [-0.4, -0.2) is 4.98 Å². The Kier molecular flexibility index (Phi) is 6.00. The lowest BCUT2D eigenvalue weighted by molar-refractivity contribution is 0.642. The third kappa shape index (κ3) is 4.55. The number of benzene rings is 2. The Morgan fingerprint density at radius 2 is 1.64 bits per heavy atom. The second kappa shape index (κ2) is 8.22. The van der Waals surface area contributed by atoms with Crippen LogP contribution in [0.2, 0.25) is 10.0 Å². The molecular weight excluding hydrogens is 371 g/mol. The van der Waals surface area contributed by atoms with E-state index in [-0.39, 0.29) is 0 Å². The molecule has 3 rings (SSSR count). The summed E-state index contributed by atoms with van der Waals surface area (Å²) >= 11 is 13.6. The number of anilines is 2. The maximum absolute atomic E-state index is 6.04. The number of hydrogen-bond acceptors (Lipinski definition) is 3. The van der Waals surface area contributed by atoms with Crippen LogP contribution in [0.3, 0.4) is 0 Å². The van der Waals surface area contributed by atoms with Crippen molar-refractivity contribution in [1.29, 1.82) is 0 Å². The smallest absolute Gasteiger partial charge is 0.187 e. The van der Waals surface area contributed by atoms with Gasteiger partial charge in [0.15, 0.2) is 5.13 Å². The lowest BCUT2D eigenvalue weighted by Crippen LogP contribution is -1.95. The van der Waals surface area contributed by atoms with E-state index in [4.69, 9.17) is 23.2 Å². The van der Waals surface area contributed by atoms with Crippen LogP contribution in [0.1, 0.15) is 38.2 Å². The van der Waals surface area contributed by atoms with Gasteiger partial charge in [0, 0.05) is 26.7 Å². The fourth-order valence-corrected chi connectivity index (χ4v) is 4.17. The van der Waals surface area contributed by atoms with Crippen LogP contribution < -0.4 is 5.32 Å². The van der Waals surface area contributed by atoms with Gasteiger partial charge in [0.2, 0.25) is 0 Å². The molecule has 0 fully saturated rings. The van der Waals surface area contributed by atoms with E-state index < -0.39 is 0 Å². The van der Waals surface area contributed by atoms with E-state index in [1.165, 1.54) is 18.4 Å². The maximum atomic E-state index is 6.04. The van der Waals surface area contributed by atoms with Crippen LogP contribution in [0.25, 0.3) is 11.3 Å². The molecule has 0 amide bonds. The minimum Gasteiger partial charge on any atom is -0.331 e. The number of nitrogens with one attached hydrogen (secondary N) is 1. The molecule has 130 valence electrons. The first-order valence-electron chi connectivity index (χ1n) is 8.38. The molecule has 0 saturated heterocycles. The van der Waals surface area contributed by atoms with Crippen LogP contribution >= 0.6 is 34.5 Å². The number of halogens is 2. The highest BCUT2D eigenvalue weighted by molar-refractivity contribution is 7.14. The highest BCUT2D eigenvalue weighted by Crippen LogP contribution is 2.31. The van der Waals surface area contributed by atoms with Crippen molar-refractivity contribution in [2.75, 3.05) is 5.32 Å². The second-order valence-corrected chi connectivity index (χ2v) is 7.69. The SMILES string of the molecule is CCC(CC)c1ccc(-c2csc(Nc3cc(Cl)cc(Cl)c3)n2)cc1. The van der Waals surface area contributed by atoms with Gasteiger partial charge in [-0.15, -0.1) is 11.3 Å². The molecule has 0 aliphatic heterocycles. The molecule has 25 heavy (non-hydrogen) atoms. The molecule has 0 saturated carbocycles. The van der Waals surface area contributed by atoms with Crippen molar-refractivity contribution in [1.82, 2.24) is 4.98 Å². The Labute approximate surface area is 162 Å². The maximum Gasteiger partial charge on any atom is 0.187 e. The van der Waals surface area contributed by atoms with Crippen LogP contribution in [-0.2, 0) is 0 Å². The van der Waals surface area contributed by atoms with E-state index in [1.54, 1.807) is 17.4 Å². The lowest BCUT2D eigenvalue weighted by Gasteiger charge is -2.12. The molecule has 1 aromatic heterocycles. The van der Waals surface area contributed by atoms with Crippen molar-refractivity contribution in [2.24, 2.45) is 0 Å². The van der Waals surface area contributed by atoms with Crippen LogP contribution in [0.5, 0.6) is 0 Å². The normalized spacial score (nSPS) is 11.1. The summed E-state index contributed by atoms with van der Waals surface area (Å²) in [6.45, 7) is 4.48. The number of nitrogens with zero attached hydrogens (tertiary/aromatic N) is 1. The van der Waals surface area contributed by atoms with Gasteiger partial charge in [-0.2, -0.15) is 0 Å². The van der Waals surface area contributed by atoms with E-state index in [1.807, 2.05) is 12.1 Å². The van der Waals surface area contributed by atoms with E-state index in [0.29, 0.717) is 16.0 Å². The van der Waals surface area contributed by atoms with Crippen molar-refractivity contribution < 1.29 is 0 Å². The van der Waals surface area contributed by atoms with Gasteiger partial charge >= 0.3 is 0 Å². The minimum absolute atomic E-state index is 0.601. The Hall–Kier alpha value is -1.55. The summed E-state index contributed by atoms with van der Waals surface area (Å²) in [4.78, 5) is 4.67. The zero-order chi connectivity index (χ0) is 17.8. The van der Waals surface area contributed by atoms with E-state index in [0.717, 1.165) is 22.1 Å². The van der Waals surface area contributed by atoms with Crippen molar-refractivity contribution in [3.8, 4) is 11.3 Å². The average Bonchev–Trinajstić information content (AvgIpc) is 3.04. The zero-order valence-electron chi connectivity index (χ0n) is 14.2.